The smallest absolute Gasteiger partial charge is 0.321 e. The minimum absolute atomic E-state index is 0.0697. The molecule has 0 spiro atoms. The average molecular weight is 571 g/mol. The van der Waals surface area contributed by atoms with Gasteiger partial charge in [-0.1, -0.05) is 120 Å². The van der Waals surface area contributed by atoms with Crippen LogP contribution in [0.5, 0.6) is 5.75 Å². The van der Waals surface area contributed by atoms with E-state index in [4.69, 9.17) is 9.57 Å². The topological polar surface area (TPSA) is 98.5 Å². The van der Waals surface area contributed by atoms with Crippen molar-refractivity contribution < 1.29 is 19.5 Å². The Hall–Kier alpha value is -5.47. The summed E-state index contributed by atoms with van der Waals surface area (Å²) in [5, 5.41) is 22.1. The summed E-state index contributed by atoms with van der Waals surface area (Å²) >= 11 is 0. The average Bonchev–Trinajstić information content (AvgIpc) is 3.48. The second kappa shape index (κ2) is 12.6. The molecule has 6 aromatic rings. The molecular weight excluding hydrogens is 540 g/mol. The second-order valence-corrected chi connectivity index (χ2v) is 10.1. The highest BCUT2D eigenvalue weighted by Crippen LogP contribution is 2.37. The van der Waals surface area contributed by atoms with Crippen molar-refractivity contribution in [2.24, 2.45) is 0 Å². The van der Waals surface area contributed by atoms with E-state index in [2.05, 4.69) is 15.6 Å². The lowest BCUT2D eigenvalue weighted by molar-refractivity contribution is -0.139. The van der Waals surface area contributed by atoms with E-state index in [1.807, 2.05) is 127 Å². The minimum atomic E-state index is -0.944. The number of rotatable bonds is 12. The molecule has 0 aliphatic rings. The molecule has 0 bridgehead atoms. The Balaban J connectivity index is 1.23. The summed E-state index contributed by atoms with van der Waals surface area (Å²) in [7, 11) is 0. The molecular formula is C35H30N4O4. The van der Waals surface area contributed by atoms with Gasteiger partial charge in [-0.05, 0) is 58.2 Å². The maximum atomic E-state index is 12.8. The van der Waals surface area contributed by atoms with Crippen LogP contribution >= 0.6 is 0 Å². The van der Waals surface area contributed by atoms with E-state index in [0.29, 0.717) is 5.75 Å². The van der Waals surface area contributed by atoms with Gasteiger partial charge in [-0.25, -0.2) is 0 Å². The van der Waals surface area contributed by atoms with Crippen LogP contribution in [-0.2, 0) is 16.8 Å². The molecule has 0 amide bonds. The molecule has 2 N–H and O–H groups in total. The Labute approximate surface area is 249 Å². The van der Waals surface area contributed by atoms with Gasteiger partial charge >= 0.3 is 5.97 Å². The second-order valence-electron chi connectivity index (χ2n) is 10.1. The Kier molecular flexibility index (Phi) is 8.10. The number of para-hydroxylation sites is 1. The Morgan fingerprint density at radius 1 is 0.744 bits per heavy atom. The van der Waals surface area contributed by atoms with Crippen LogP contribution in [0.1, 0.15) is 22.3 Å². The van der Waals surface area contributed by atoms with Crippen molar-refractivity contribution in [3.63, 3.8) is 0 Å². The molecule has 0 radical (unpaired) electrons. The molecule has 1 heterocycles. The third-order valence-electron chi connectivity index (χ3n) is 7.39. The number of carboxylic acid groups (broad SMARTS) is 1. The lowest BCUT2D eigenvalue weighted by Gasteiger charge is -2.39. The van der Waals surface area contributed by atoms with E-state index < -0.39 is 17.6 Å². The number of benzene rings is 5. The van der Waals surface area contributed by atoms with Crippen molar-refractivity contribution >= 4 is 17.0 Å². The monoisotopic (exact) mass is 570 g/mol. The minimum Gasteiger partial charge on any atom is -0.480 e. The van der Waals surface area contributed by atoms with Crippen molar-refractivity contribution in [2.45, 2.75) is 18.0 Å². The zero-order valence-electron chi connectivity index (χ0n) is 23.3. The first-order valence-corrected chi connectivity index (χ1v) is 14.0. The fraction of sp³-hybridized carbons (Fsp3) is 0.114. The van der Waals surface area contributed by atoms with Crippen LogP contribution in [0.2, 0.25) is 0 Å². The van der Waals surface area contributed by atoms with E-state index in [-0.39, 0.29) is 13.2 Å². The third kappa shape index (κ3) is 5.95. The first kappa shape index (κ1) is 27.7. The van der Waals surface area contributed by atoms with Crippen LogP contribution in [0.25, 0.3) is 11.0 Å². The van der Waals surface area contributed by atoms with Gasteiger partial charge in [-0.2, -0.15) is 0 Å². The third-order valence-corrected chi connectivity index (χ3v) is 7.39. The van der Waals surface area contributed by atoms with Gasteiger partial charge in [0.15, 0.2) is 0 Å². The van der Waals surface area contributed by atoms with Crippen molar-refractivity contribution in [3.8, 4) is 5.75 Å². The van der Waals surface area contributed by atoms with Gasteiger partial charge in [0.25, 0.3) is 6.79 Å². The fourth-order valence-corrected chi connectivity index (χ4v) is 5.32. The first-order valence-electron chi connectivity index (χ1n) is 14.0. The zero-order valence-corrected chi connectivity index (χ0v) is 23.3. The molecule has 214 valence electrons. The number of carbonyl (C=O) groups is 1. The number of nitrogens with zero attached hydrogens (tertiary/aromatic N) is 3. The fourth-order valence-electron chi connectivity index (χ4n) is 5.32. The summed E-state index contributed by atoms with van der Waals surface area (Å²) in [6, 6.07) is 43.8. The molecule has 0 aliphatic carbocycles. The molecule has 5 aromatic carbocycles. The largest absolute Gasteiger partial charge is 0.480 e. The van der Waals surface area contributed by atoms with Crippen molar-refractivity contribution in [1.82, 2.24) is 20.5 Å². The molecule has 0 unspecified atom stereocenters. The quantitative estimate of drug-likeness (QED) is 0.149. The summed E-state index contributed by atoms with van der Waals surface area (Å²) in [6.45, 7) is -0.0697. The Morgan fingerprint density at radius 3 is 1.84 bits per heavy atom. The molecule has 43 heavy (non-hydrogen) atoms. The number of fused-ring (bicyclic) bond motifs is 1. The van der Waals surface area contributed by atoms with Crippen LogP contribution in [0.4, 0.5) is 0 Å². The standard InChI is InChI=1S/C35H30N4O4/c40-34(41)32(24-26-20-22-30(23-21-26)42-25-43-39-33-19-11-10-18-31(33)37-38-39)36-35(27-12-4-1-5-13-27,28-14-6-2-7-15-28)29-16-8-3-9-17-29/h1-23,32,36H,24-25H2,(H,40,41)/t32-/m1/s1. The van der Waals surface area contributed by atoms with Gasteiger partial charge in [0.1, 0.15) is 22.8 Å². The van der Waals surface area contributed by atoms with Gasteiger partial charge in [0.2, 0.25) is 0 Å². The lowest BCUT2D eigenvalue weighted by Crippen LogP contribution is -2.53. The first-order chi connectivity index (χ1) is 21.1. The van der Waals surface area contributed by atoms with Crippen LogP contribution in [0.3, 0.4) is 0 Å². The number of aliphatic carboxylic acids is 1. The molecule has 1 aromatic heterocycles. The summed E-state index contributed by atoms with van der Waals surface area (Å²) in [4.78, 5) is 19.7. The van der Waals surface area contributed by atoms with Crippen LogP contribution in [0, 0.1) is 0 Å². The summed E-state index contributed by atoms with van der Waals surface area (Å²) < 4.78 is 5.75. The predicted octanol–water partition coefficient (Wildman–Crippen LogP) is 5.47. The van der Waals surface area contributed by atoms with Gasteiger partial charge in [0.05, 0.1) is 5.54 Å². The molecule has 6 rings (SSSR count). The van der Waals surface area contributed by atoms with Gasteiger partial charge in [-0.3, -0.25) is 10.1 Å². The molecule has 8 heteroatoms. The van der Waals surface area contributed by atoms with Crippen LogP contribution < -0.4 is 14.9 Å². The van der Waals surface area contributed by atoms with E-state index >= 15 is 0 Å². The summed E-state index contributed by atoms with van der Waals surface area (Å²) in [5.74, 6) is -0.360. The molecule has 8 nitrogen and oxygen atoms in total. The van der Waals surface area contributed by atoms with Crippen molar-refractivity contribution in [1.29, 1.82) is 0 Å². The highest BCUT2D eigenvalue weighted by atomic mass is 16.8. The molecule has 1 atom stereocenters. The predicted molar refractivity (Wildman–Crippen MR) is 164 cm³/mol. The zero-order chi connectivity index (χ0) is 29.5. The highest BCUT2D eigenvalue weighted by molar-refractivity contribution is 5.75. The number of ether oxygens (including phenoxy) is 1. The SMILES string of the molecule is O=C(O)[C@@H](Cc1ccc(OCOn2nnc3ccccc32)cc1)NC(c1ccccc1)(c1ccccc1)c1ccccc1. The normalized spacial score (nSPS) is 12.1. The van der Waals surface area contributed by atoms with E-state index in [1.54, 1.807) is 12.1 Å². The number of carboxylic acids is 1. The molecule has 0 aliphatic heterocycles. The lowest BCUT2D eigenvalue weighted by atomic mass is 9.76. The van der Waals surface area contributed by atoms with Crippen molar-refractivity contribution in [2.75, 3.05) is 6.79 Å². The maximum Gasteiger partial charge on any atom is 0.321 e. The summed E-state index contributed by atoms with van der Waals surface area (Å²) in [5.41, 5.74) is 4.25. The molecule has 0 saturated heterocycles. The Morgan fingerprint density at radius 2 is 1.28 bits per heavy atom. The van der Waals surface area contributed by atoms with Crippen molar-refractivity contribution in [3.05, 3.63) is 162 Å². The molecule has 0 fully saturated rings. The number of nitrogens with one attached hydrogen (secondary N) is 1. The van der Waals surface area contributed by atoms with Gasteiger partial charge in [0, 0.05) is 0 Å². The maximum absolute atomic E-state index is 12.8. The van der Waals surface area contributed by atoms with Gasteiger partial charge < -0.3 is 14.7 Å². The van der Waals surface area contributed by atoms with Crippen LogP contribution in [-0.4, -0.2) is 39.1 Å². The number of hydrogen-bond acceptors (Lipinski definition) is 6. The van der Waals surface area contributed by atoms with E-state index in [9.17, 15) is 9.90 Å². The van der Waals surface area contributed by atoms with E-state index in [0.717, 1.165) is 33.3 Å². The number of hydrogen-bond donors (Lipinski definition) is 2. The van der Waals surface area contributed by atoms with Crippen LogP contribution in [0.15, 0.2) is 140 Å². The summed E-state index contributed by atoms with van der Waals surface area (Å²) in [6.07, 6.45) is 0.255. The molecule has 0 saturated carbocycles. The van der Waals surface area contributed by atoms with E-state index in [1.165, 1.54) is 4.85 Å². The Bertz CT molecular complexity index is 1680. The number of aromatic nitrogens is 3. The highest BCUT2D eigenvalue weighted by Gasteiger charge is 2.39. The van der Waals surface area contributed by atoms with Gasteiger partial charge in [-0.15, -0.1) is 5.10 Å².